The molecule has 0 unspecified atom stereocenters. The number of rotatable bonds is 0. The second-order valence-corrected chi connectivity index (χ2v) is 12.9. The van der Waals surface area contributed by atoms with Crippen molar-refractivity contribution in [1.82, 2.24) is 0 Å². The number of hydrogen-bond acceptors (Lipinski definition) is 0. The van der Waals surface area contributed by atoms with Crippen LogP contribution in [-0.4, -0.2) is 3.21 Å². The fourth-order valence-corrected chi connectivity index (χ4v) is 7.28. The zero-order chi connectivity index (χ0) is 27.6. The average Bonchev–Trinajstić information content (AvgIpc) is 3.72. The summed E-state index contributed by atoms with van der Waals surface area (Å²) in [6, 6.07) is 47.9. The Morgan fingerprint density at radius 3 is 1.23 bits per heavy atom. The number of halogens is 2. The van der Waals surface area contributed by atoms with E-state index in [1.807, 2.05) is 0 Å². The van der Waals surface area contributed by atoms with Crippen molar-refractivity contribution in [2.45, 2.75) is 32.1 Å². The average molecular weight is 675 g/mol. The van der Waals surface area contributed by atoms with Crippen LogP contribution in [-0.2, 0) is 24.2 Å². The first-order chi connectivity index (χ1) is 20.3. The molecule has 0 bridgehead atoms. The maximum atomic E-state index is 2.21. The van der Waals surface area contributed by atoms with Gasteiger partial charge in [-0.3, -0.25) is 0 Å². The second-order valence-electron chi connectivity index (χ2n) is 11.1. The molecule has 0 radical (unpaired) electrons. The van der Waals surface area contributed by atoms with Crippen LogP contribution in [0, 0.1) is 0 Å². The van der Waals surface area contributed by atoms with E-state index >= 15 is 0 Å². The molecule has 1 saturated carbocycles. The van der Waals surface area contributed by atoms with Gasteiger partial charge in [-0.05, 0) is 10.8 Å². The summed E-state index contributed by atoms with van der Waals surface area (Å²) >= 11 is 1.69. The number of fused-ring (bicyclic) bond motifs is 10. The smallest absolute Gasteiger partial charge is 0.0271 e. The molecule has 0 spiro atoms. The van der Waals surface area contributed by atoms with Gasteiger partial charge in [-0.2, -0.15) is 24.3 Å². The quantitative estimate of drug-likeness (QED) is 0.149. The van der Waals surface area contributed by atoms with Crippen LogP contribution in [0.4, 0.5) is 0 Å². The zero-order valence-electron chi connectivity index (χ0n) is 24.0. The Bertz CT molecular complexity index is 2010. The molecule has 0 aliphatic heterocycles. The molecule has 0 atom stereocenters. The van der Waals surface area contributed by atoms with Crippen LogP contribution in [0.15, 0.2) is 133 Å². The van der Waals surface area contributed by atoms with Crippen molar-refractivity contribution in [3.8, 4) is 0 Å². The van der Waals surface area contributed by atoms with Crippen molar-refractivity contribution >= 4 is 67.8 Å². The molecule has 8 aromatic carbocycles. The van der Waals surface area contributed by atoms with Crippen molar-refractivity contribution in [2.24, 2.45) is 0 Å². The number of benzene rings is 6. The van der Waals surface area contributed by atoms with Crippen LogP contribution in [0.25, 0.3) is 64.6 Å². The third-order valence-electron chi connectivity index (χ3n) is 8.50. The van der Waals surface area contributed by atoms with E-state index in [9.17, 15) is 0 Å². The predicted octanol–water partition coefficient (Wildman–Crippen LogP) is 5.41. The third kappa shape index (κ3) is 6.42. The van der Waals surface area contributed by atoms with E-state index in [1.165, 1.54) is 96.7 Å². The largest absolute Gasteiger partial charge is 0.168 e. The Labute approximate surface area is 280 Å². The summed E-state index contributed by atoms with van der Waals surface area (Å²) in [6.45, 7) is 0. The molecule has 0 aromatic heterocycles. The van der Waals surface area contributed by atoms with Gasteiger partial charge in [0.15, 0.2) is 0 Å². The van der Waals surface area contributed by atoms with Gasteiger partial charge in [0, 0.05) is 0 Å². The van der Waals surface area contributed by atoms with Crippen molar-refractivity contribution < 1.29 is 49.0 Å². The first-order valence-electron chi connectivity index (χ1n) is 14.7. The Morgan fingerprint density at radius 1 is 0.419 bits per heavy atom. The first kappa shape index (κ1) is 31.3. The monoisotopic (exact) mass is 672 g/mol. The Kier molecular flexibility index (Phi) is 10.3. The van der Waals surface area contributed by atoms with Gasteiger partial charge in [-0.1, -0.05) is 117 Å². The van der Waals surface area contributed by atoms with Gasteiger partial charge < -0.3 is 24.8 Å². The van der Waals surface area contributed by atoms with E-state index in [-0.39, 0.29) is 24.8 Å². The second kappa shape index (κ2) is 14.1. The molecule has 0 heterocycles. The Morgan fingerprint density at radius 2 is 0.814 bits per heavy atom. The van der Waals surface area contributed by atoms with E-state index in [0.29, 0.717) is 0 Å². The molecule has 0 N–H and O–H groups in total. The third-order valence-corrected chi connectivity index (χ3v) is 9.73. The minimum absolute atomic E-state index is 0. The molecule has 1 aliphatic carbocycles. The van der Waals surface area contributed by atoms with Gasteiger partial charge in [0.2, 0.25) is 0 Å². The van der Waals surface area contributed by atoms with E-state index in [2.05, 4.69) is 133 Å². The van der Waals surface area contributed by atoms with Crippen LogP contribution >= 0.6 is 0 Å². The van der Waals surface area contributed by atoms with Crippen LogP contribution in [0.5, 0.6) is 0 Å². The van der Waals surface area contributed by atoms with E-state index in [4.69, 9.17) is 0 Å². The minimum atomic E-state index is 0. The normalized spacial score (nSPS) is 12.8. The first-order valence-corrected chi connectivity index (χ1v) is 16.0. The summed E-state index contributed by atoms with van der Waals surface area (Å²) < 4.78 is 1.80. The van der Waals surface area contributed by atoms with E-state index in [0.717, 1.165) is 0 Å². The summed E-state index contributed by atoms with van der Waals surface area (Å²) in [6.07, 6.45) is 7.32. The summed E-state index contributed by atoms with van der Waals surface area (Å²) in [4.78, 5) is 0. The van der Waals surface area contributed by atoms with Crippen LogP contribution < -0.4 is 24.8 Å². The molecule has 43 heavy (non-hydrogen) atoms. The minimum Gasteiger partial charge on any atom is -0.168 e. The molecule has 8 aromatic rings. The summed E-state index contributed by atoms with van der Waals surface area (Å²) in [5, 5.41) is 16.1. The fraction of sp³-hybridized carbons (Fsp3) is 0.125. The van der Waals surface area contributed by atoms with Gasteiger partial charge in [-0.25, -0.2) is 0 Å². The van der Waals surface area contributed by atoms with Gasteiger partial charge in [0.25, 0.3) is 0 Å². The van der Waals surface area contributed by atoms with Gasteiger partial charge in [0.1, 0.15) is 0 Å². The molecular formula is C40H32Cl2Zr-2. The molecule has 0 nitrogen and oxygen atoms in total. The van der Waals surface area contributed by atoms with E-state index < -0.39 is 0 Å². The SMILES string of the molecule is [Cl-].[Cl-].[Zr+2]=[C]1CCCCC1.c1ccc2c(c1)ccc1ccc3cc[cH-]c3c12.c1ccc2c(c1)ccc1ccc3cc[cH-]c3c12. The molecule has 0 amide bonds. The van der Waals surface area contributed by atoms with Crippen molar-refractivity contribution in [3.05, 3.63) is 133 Å². The molecule has 0 saturated heterocycles. The topological polar surface area (TPSA) is 0 Å². The molecule has 1 aliphatic rings. The van der Waals surface area contributed by atoms with Gasteiger partial charge in [0.05, 0.1) is 0 Å². The Hall–Kier alpha value is -3.09. The predicted molar refractivity (Wildman–Crippen MR) is 177 cm³/mol. The maximum Gasteiger partial charge on any atom is -0.0271 e. The molecule has 212 valence electrons. The Balaban J connectivity index is 0.000000136. The fourth-order valence-electron chi connectivity index (χ4n) is 6.41. The van der Waals surface area contributed by atoms with E-state index in [1.54, 1.807) is 27.4 Å². The maximum absolute atomic E-state index is 2.21. The summed E-state index contributed by atoms with van der Waals surface area (Å²) in [7, 11) is 0. The molecule has 3 heteroatoms. The summed E-state index contributed by atoms with van der Waals surface area (Å²) in [5.41, 5.74) is 0. The zero-order valence-corrected chi connectivity index (χ0v) is 28.0. The summed E-state index contributed by atoms with van der Waals surface area (Å²) in [5.74, 6) is 0. The van der Waals surface area contributed by atoms with Crippen LogP contribution in [0.3, 0.4) is 0 Å². The van der Waals surface area contributed by atoms with Crippen LogP contribution in [0.2, 0.25) is 0 Å². The van der Waals surface area contributed by atoms with Crippen molar-refractivity contribution in [1.29, 1.82) is 0 Å². The molecule has 9 rings (SSSR count). The van der Waals surface area contributed by atoms with Crippen molar-refractivity contribution in [3.63, 3.8) is 0 Å². The molecular weight excluding hydrogens is 643 g/mol. The van der Waals surface area contributed by atoms with Crippen molar-refractivity contribution in [2.75, 3.05) is 0 Å². The van der Waals surface area contributed by atoms with Crippen LogP contribution in [0.1, 0.15) is 32.1 Å². The van der Waals surface area contributed by atoms with Gasteiger partial charge >= 0.3 is 59.5 Å². The molecule has 1 fully saturated rings. The van der Waals surface area contributed by atoms with Gasteiger partial charge in [-0.15, -0.1) is 45.8 Å². The number of hydrogen-bond donors (Lipinski definition) is 0. The standard InChI is InChI=1S/2C17H11.C6H10.2ClH.Zr/c2*1-2-6-15-12(4-1)8-10-14-11-9-13-5-3-7-16(13)17(14)15;1-2-4-6-5-3-1;;;/h2*1-11H;1-5H2;2*1H;/q2*-1;;;;+2/p-2.